The highest BCUT2D eigenvalue weighted by Crippen LogP contribution is 2.14. The van der Waals surface area contributed by atoms with Gasteiger partial charge in [-0.2, -0.15) is 0 Å². The summed E-state index contributed by atoms with van der Waals surface area (Å²) in [6.45, 7) is 5.18. The third-order valence-electron chi connectivity index (χ3n) is 3.63. The molecule has 1 rings (SSSR count). The number of ether oxygens (including phenoxy) is 1. The zero-order chi connectivity index (χ0) is 15.0. The predicted octanol–water partition coefficient (Wildman–Crippen LogP) is 1.60. The summed E-state index contributed by atoms with van der Waals surface area (Å²) >= 11 is 0. The largest absolute Gasteiger partial charge is 0.481 e. The Kier molecular flexibility index (Phi) is 7.36. The second-order valence-corrected chi connectivity index (χ2v) is 5.60. The molecule has 0 saturated carbocycles. The van der Waals surface area contributed by atoms with Crippen molar-refractivity contribution in [1.82, 2.24) is 10.6 Å². The van der Waals surface area contributed by atoms with Crippen molar-refractivity contribution in [2.45, 2.75) is 45.6 Å². The van der Waals surface area contributed by atoms with E-state index in [0.29, 0.717) is 6.54 Å². The van der Waals surface area contributed by atoms with Crippen molar-refractivity contribution in [3.63, 3.8) is 0 Å². The van der Waals surface area contributed by atoms with Gasteiger partial charge in [0.15, 0.2) is 0 Å². The van der Waals surface area contributed by atoms with Gasteiger partial charge in [-0.1, -0.05) is 13.8 Å². The first kappa shape index (κ1) is 16.8. The number of nitrogens with one attached hydrogen (secondary N) is 2. The van der Waals surface area contributed by atoms with Crippen LogP contribution < -0.4 is 10.6 Å². The summed E-state index contributed by atoms with van der Waals surface area (Å²) in [4.78, 5) is 22.6. The fourth-order valence-corrected chi connectivity index (χ4v) is 2.26. The van der Waals surface area contributed by atoms with Crippen LogP contribution in [0.2, 0.25) is 0 Å². The minimum atomic E-state index is -0.879. The van der Waals surface area contributed by atoms with Crippen LogP contribution in [0.5, 0.6) is 0 Å². The van der Waals surface area contributed by atoms with E-state index in [1.54, 1.807) is 0 Å². The van der Waals surface area contributed by atoms with Crippen molar-refractivity contribution < 1.29 is 19.4 Å². The first-order chi connectivity index (χ1) is 9.50. The summed E-state index contributed by atoms with van der Waals surface area (Å²) in [5, 5.41) is 14.4. The van der Waals surface area contributed by atoms with Crippen molar-refractivity contribution >= 4 is 12.0 Å². The van der Waals surface area contributed by atoms with Crippen LogP contribution in [-0.2, 0) is 9.53 Å². The van der Waals surface area contributed by atoms with Crippen LogP contribution in [-0.4, -0.2) is 42.9 Å². The Bertz CT molecular complexity index is 314. The Morgan fingerprint density at radius 1 is 1.30 bits per heavy atom. The maximum Gasteiger partial charge on any atom is 0.314 e. The summed E-state index contributed by atoms with van der Waals surface area (Å²) in [5.74, 6) is -1.44. The molecule has 0 spiro atoms. The number of carboxylic acids is 1. The molecule has 2 unspecified atom stereocenters. The number of amides is 2. The van der Waals surface area contributed by atoms with Gasteiger partial charge in [-0.25, -0.2) is 4.79 Å². The molecule has 1 aliphatic heterocycles. The highest BCUT2D eigenvalue weighted by molar-refractivity contribution is 5.75. The van der Waals surface area contributed by atoms with Gasteiger partial charge in [0, 0.05) is 19.7 Å². The highest BCUT2D eigenvalue weighted by Gasteiger charge is 2.22. The summed E-state index contributed by atoms with van der Waals surface area (Å²) in [6.07, 6.45) is 4.41. The molecule has 6 heteroatoms. The minimum Gasteiger partial charge on any atom is -0.481 e. The number of carboxylic acid groups (broad SMARTS) is 1. The molecular weight excluding hydrogens is 260 g/mol. The normalized spacial score (nSPS) is 20.4. The van der Waals surface area contributed by atoms with E-state index in [1.807, 2.05) is 13.8 Å². The van der Waals surface area contributed by atoms with Crippen LogP contribution in [0.1, 0.15) is 39.5 Å². The lowest BCUT2D eigenvalue weighted by Gasteiger charge is -2.22. The van der Waals surface area contributed by atoms with Crippen LogP contribution in [0.25, 0.3) is 0 Å². The number of urea groups is 1. The molecule has 0 aromatic carbocycles. The number of carbonyl (C=O) groups is 2. The van der Waals surface area contributed by atoms with Gasteiger partial charge in [-0.3, -0.25) is 4.79 Å². The van der Waals surface area contributed by atoms with Crippen molar-refractivity contribution in [2.75, 3.05) is 19.7 Å². The Hall–Kier alpha value is -1.30. The van der Waals surface area contributed by atoms with Gasteiger partial charge in [0.2, 0.25) is 0 Å². The van der Waals surface area contributed by atoms with Crippen LogP contribution in [0.4, 0.5) is 4.79 Å². The molecule has 6 nitrogen and oxygen atoms in total. The zero-order valence-corrected chi connectivity index (χ0v) is 12.4. The van der Waals surface area contributed by atoms with Crippen LogP contribution in [0.3, 0.4) is 0 Å². The lowest BCUT2D eigenvalue weighted by Crippen LogP contribution is -2.42. The highest BCUT2D eigenvalue weighted by atomic mass is 16.5. The van der Waals surface area contributed by atoms with E-state index in [1.165, 1.54) is 6.42 Å². The lowest BCUT2D eigenvalue weighted by molar-refractivity contribution is -0.142. The molecule has 20 heavy (non-hydrogen) atoms. The number of carbonyl (C=O) groups excluding carboxylic acids is 1. The molecule has 0 radical (unpaired) electrons. The maximum absolute atomic E-state index is 11.6. The van der Waals surface area contributed by atoms with Crippen LogP contribution in [0, 0.1) is 11.8 Å². The van der Waals surface area contributed by atoms with Crippen molar-refractivity contribution in [3.8, 4) is 0 Å². The van der Waals surface area contributed by atoms with E-state index in [-0.39, 0.29) is 24.6 Å². The Morgan fingerprint density at radius 2 is 2.05 bits per heavy atom. The molecule has 2 atom stereocenters. The summed E-state index contributed by atoms with van der Waals surface area (Å²) in [6, 6.07) is -0.312. The lowest BCUT2D eigenvalue weighted by atomic mass is 9.96. The molecule has 116 valence electrons. The van der Waals surface area contributed by atoms with Crippen LogP contribution >= 0.6 is 0 Å². The molecule has 0 aromatic rings. The average molecular weight is 286 g/mol. The Balaban J connectivity index is 2.14. The van der Waals surface area contributed by atoms with Gasteiger partial charge in [0.25, 0.3) is 0 Å². The van der Waals surface area contributed by atoms with Crippen LogP contribution in [0.15, 0.2) is 0 Å². The molecule has 1 aliphatic rings. The standard InChI is InChI=1S/C14H26N2O4/c1-10(2)12(13(17)18)9-16-14(19)15-7-6-11-5-3-4-8-20-11/h10-12H,3-9H2,1-2H3,(H,17,18)(H2,15,16,19). The summed E-state index contributed by atoms with van der Waals surface area (Å²) in [7, 11) is 0. The molecular formula is C14H26N2O4. The van der Waals surface area contributed by atoms with E-state index >= 15 is 0 Å². The third kappa shape index (κ3) is 6.23. The van der Waals surface area contributed by atoms with Gasteiger partial charge in [-0.15, -0.1) is 0 Å². The SMILES string of the molecule is CC(C)C(CNC(=O)NCCC1CCCCO1)C(=O)O. The second-order valence-electron chi connectivity index (χ2n) is 5.60. The summed E-state index contributed by atoms with van der Waals surface area (Å²) in [5.41, 5.74) is 0. The number of aliphatic carboxylic acids is 1. The van der Waals surface area contributed by atoms with E-state index in [0.717, 1.165) is 25.9 Å². The van der Waals surface area contributed by atoms with E-state index in [9.17, 15) is 9.59 Å². The zero-order valence-electron chi connectivity index (χ0n) is 12.4. The maximum atomic E-state index is 11.6. The quantitative estimate of drug-likeness (QED) is 0.663. The van der Waals surface area contributed by atoms with E-state index < -0.39 is 11.9 Å². The molecule has 1 heterocycles. The second kappa shape index (κ2) is 8.79. The average Bonchev–Trinajstić information content (AvgIpc) is 2.39. The summed E-state index contributed by atoms with van der Waals surface area (Å²) < 4.78 is 5.57. The van der Waals surface area contributed by atoms with Gasteiger partial charge >= 0.3 is 12.0 Å². The molecule has 1 fully saturated rings. The monoisotopic (exact) mass is 286 g/mol. The number of rotatable bonds is 7. The first-order valence-electron chi connectivity index (χ1n) is 7.36. The minimum absolute atomic E-state index is 0.0107. The van der Waals surface area contributed by atoms with E-state index in [2.05, 4.69) is 10.6 Å². The molecule has 3 N–H and O–H groups in total. The number of hydrogen-bond donors (Lipinski definition) is 3. The molecule has 0 bridgehead atoms. The first-order valence-corrected chi connectivity index (χ1v) is 7.36. The van der Waals surface area contributed by atoms with Crippen molar-refractivity contribution in [1.29, 1.82) is 0 Å². The van der Waals surface area contributed by atoms with E-state index in [4.69, 9.17) is 9.84 Å². The van der Waals surface area contributed by atoms with Gasteiger partial charge < -0.3 is 20.5 Å². The molecule has 0 aromatic heterocycles. The third-order valence-corrected chi connectivity index (χ3v) is 3.63. The fourth-order valence-electron chi connectivity index (χ4n) is 2.26. The molecule has 1 saturated heterocycles. The number of hydrogen-bond acceptors (Lipinski definition) is 3. The fraction of sp³-hybridized carbons (Fsp3) is 0.857. The topological polar surface area (TPSA) is 87.7 Å². The predicted molar refractivity (Wildman–Crippen MR) is 75.6 cm³/mol. The van der Waals surface area contributed by atoms with Gasteiger partial charge in [0.1, 0.15) is 0 Å². The molecule has 0 aliphatic carbocycles. The molecule has 2 amide bonds. The van der Waals surface area contributed by atoms with Gasteiger partial charge in [-0.05, 0) is 31.6 Å². The smallest absolute Gasteiger partial charge is 0.314 e. The Labute approximate surface area is 120 Å². The van der Waals surface area contributed by atoms with Crippen molar-refractivity contribution in [3.05, 3.63) is 0 Å². The van der Waals surface area contributed by atoms with Crippen molar-refractivity contribution in [2.24, 2.45) is 11.8 Å². The van der Waals surface area contributed by atoms with Gasteiger partial charge in [0.05, 0.1) is 12.0 Å². The Morgan fingerprint density at radius 3 is 2.60 bits per heavy atom.